The molecule has 166 valence electrons. The number of rotatable bonds is 9. The van der Waals surface area contributed by atoms with Crippen molar-refractivity contribution < 1.29 is 14.3 Å². The van der Waals surface area contributed by atoms with E-state index in [1.807, 2.05) is 18.2 Å². The molecule has 1 aliphatic heterocycles. The molecule has 0 radical (unpaired) electrons. The first-order chi connectivity index (χ1) is 15.6. The number of unbranched alkanes of at least 4 members (excludes halogenated alkanes) is 3. The highest BCUT2D eigenvalue weighted by molar-refractivity contribution is 7.99. The van der Waals surface area contributed by atoms with E-state index in [4.69, 9.17) is 4.74 Å². The van der Waals surface area contributed by atoms with Gasteiger partial charge >= 0.3 is 0 Å². The van der Waals surface area contributed by atoms with Gasteiger partial charge in [0.25, 0.3) is 11.5 Å². The molecule has 7 nitrogen and oxygen atoms in total. The second-order valence-corrected chi connectivity index (χ2v) is 8.63. The monoisotopic (exact) mass is 451 g/mol. The number of nitrogens with one attached hydrogen (secondary N) is 1. The molecule has 0 unspecified atom stereocenters. The van der Waals surface area contributed by atoms with Crippen LogP contribution in [0.1, 0.15) is 43.0 Å². The van der Waals surface area contributed by atoms with E-state index < -0.39 is 0 Å². The smallest absolute Gasteiger partial charge is 0.262 e. The highest BCUT2D eigenvalue weighted by Crippen LogP contribution is 2.29. The fraction of sp³-hybridized carbons (Fsp3) is 0.333. The maximum atomic E-state index is 13.1. The van der Waals surface area contributed by atoms with Crippen molar-refractivity contribution in [3.05, 3.63) is 58.4 Å². The third-order valence-corrected chi connectivity index (χ3v) is 6.31. The van der Waals surface area contributed by atoms with Gasteiger partial charge in [-0.1, -0.05) is 50.1 Å². The number of carbonyl (C=O) groups excluding carboxylic acids is 2. The van der Waals surface area contributed by atoms with E-state index >= 15 is 0 Å². The number of ether oxygens (including phenoxy) is 1. The summed E-state index contributed by atoms with van der Waals surface area (Å²) >= 11 is 1.26. The molecule has 8 heteroatoms. The summed E-state index contributed by atoms with van der Waals surface area (Å²) in [6.07, 6.45) is 4.17. The lowest BCUT2D eigenvalue weighted by atomic mass is 10.1. The minimum Gasteiger partial charge on any atom is -0.482 e. The number of benzene rings is 2. The van der Waals surface area contributed by atoms with E-state index in [1.165, 1.54) is 11.8 Å². The van der Waals surface area contributed by atoms with E-state index in [0.29, 0.717) is 39.6 Å². The van der Waals surface area contributed by atoms with Crippen molar-refractivity contribution in [3.8, 4) is 5.75 Å². The number of ketones is 1. The largest absolute Gasteiger partial charge is 0.482 e. The number of para-hydroxylation sites is 1. The molecule has 3 aromatic rings. The molecule has 1 amide bonds. The molecule has 0 spiro atoms. The molecular formula is C24H25N3O4S. The Morgan fingerprint density at radius 2 is 2.00 bits per heavy atom. The van der Waals surface area contributed by atoms with Crippen LogP contribution in [0.25, 0.3) is 10.9 Å². The molecule has 1 N–H and O–H groups in total. The molecule has 4 rings (SSSR count). The lowest BCUT2D eigenvalue weighted by Crippen LogP contribution is -2.25. The van der Waals surface area contributed by atoms with Crippen LogP contribution in [0, 0.1) is 0 Å². The zero-order valence-corrected chi connectivity index (χ0v) is 18.7. The van der Waals surface area contributed by atoms with Crippen LogP contribution in [0.4, 0.5) is 5.69 Å². The van der Waals surface area contributed by atoms with Crippen LogP contribution in [-0.4, -0.2) is 33.6 Å². The van der Waals surface area contributed by atoms with E-state index in [1.54, 1.807) is 28.8 Å². The first-order valence-corrected chi connectivity index (χ1v) is 11.8. The second-order valence-electron chi connectivity index (χ2n) is 7.69. The standard InChI is InChI=1S/C24H25N3O4S/c1-2-3-4-7-12-27-23(30)17-8-5-6-9-18(17)26-24(27)32-15-20(28)16-10-11-21-19(13-16)25-22(29)14-31-21/h5-6,8-11,13H,2-4,7,12,14-15H2,1H3,(H,25,29). The number of Topliss-reactive ketones (excluding diaryl/α,β-unsaturated/α-hetero) is 1. The number of fused-ring (bicyclic) bond motifs is 2. The first kappa shape index (κ1) is 22.1. The van der Waals surface area contributed by atoms with Gasteiger partial charge in [-0.3, -0.25) is 19.0 Å². The molecule has 0 aliphatic carbocycles. The lowest BCUT2D eigenvalue weighted by Gasteiger charge is -2.18. The fourth-order valence-corrected chi connectivity index (χ4v) is 4.54. The Balaban J connectivity index is 1.55. The van der Waals surface area contributed by atoms with Crippen LogP contribution in [0.2, 0.25) is 0 Å². The highest BCUT2D eigenvalue weighted by atomic mass is 32.2. The van der Waals surface area contributed by atoms with Gasteiger partial charge in [-0.2, -0.15) is 0 Å². The highest BCUT2D eigenvalue weighted by Gasteiger charge is 2.19. The lowest BCUT2D eigenvalue weighted by molar-refractivity contribution is -0.118. The average molecular weight is 452 g/mol. The van der Waals surface area contributed by atoms with Gasteiger partial charge in [0.15, 0.2) is 17.5 Å². The van der Waals surface area contributed by atoms with E-state index in [-0.39, 0.29) is 29.6 Å². The van der Waals surface area contributed by atoms with Gasteiger partial charge < -0.3 is 10.1 Å². The summed E-state index contributed by atoms with van der Waals surface area (Å²) < 4.78 is 7.04. The predicted octanol–water partition coefficient (Wildman–Crippen LogP) is 4.28. The first-order valence-electron chi connectivity index (χ1n) is 10.8. The van der Waals surface area contributed by atoms with Crippen molar-refractivity contribution >= 4 is 40.0 Å². The number of carbonyl (C=O) groups is 2. The van der Waals surface area contributed by atoms with Gasteiger partial charge in [0.2, 0.25) is 0 Å². The number of aromatic nitrogens is 2. The minimum atomic E-state index is -0.246. The van der Waals surface area contributed by atoms with Gasteiger partial charge in [-0.15, -0.1) is 0 Å². The van der Waals surface area contributed by atoms with Gasteiger partial charge in [-0.05, 0) is 36.8 Å². The van der Waals surface area contributed by atoms with Crippen LogP contribution < -0.4 is 15.6 Å². The second kappa shape index (κ2) is 9.99. The molecule has 2 heterocycles. The SMILES string of the molecule is CCCCCCn1c(SCC(=O)c2ccc3c(c2)NC(=O)CO3)nc2ccccc2c1=O. The van der Waals surface area contributed by atoms with Crippen LogP contribution >= 0.6 is 11.8 Å². The van der Waals surface area contributed by atoms with Gasteiger partial charge in [-0.25, -0.2) is 4.98 Å². The number of amides is 1. The Kier molecular flexibility index (Phi) is 6.90. The zero-order valence-electron chi connectivity index (χ0n) is 17.9. The number of nitrogens with zero attached hydrogens (tertiary/aromatic N) is 2. The van der Waals surface area contributed by atoms with Crippen LogP contribution in [-0.2, 0) is 11.3 Å². The quantitative estimate of drug-likeness (QED) is 0.226. The van der Waals surface area contributed by atoms with Crippen molar-refractivity contribution in [2.24, 2.45) is 0 Å². The number of thioether (sulfide) groups is 1. The molecular weight excluding hydrogens is 426 g/mol. The van der Waals surface area contributed by atoms with Crippen molar-refractivity contribution in [1.82, 2.24) is 9.55 Å². The van der Waals surface area contributed by atoms with Crippen molar-refractivity contribution in [3.63, 3.8) is 0 Å². The van der Waals surface area contributed by atoms with E-state index in [0.717, 1.165) is 25.7 Å². The summed E-state index contributed by atoms with van der Waals surface area (Å²) in [6.45, 7) is 2.70. The Morgan fingerprint density at radius 3 is 2.84 bits per heavy atom. The molecule has 0 saturated carbocycles. The van der Waals surface area contributed by atoms with Crippen molar-refractivity contribution in [2.75, 3.05) is 17.7 Å². The molecule has 0 bridgehead atoms. The molecule has 2 aromatic carbocycles. The fourth-order valence-electron chi connectivity index (χ4n) is 3.62. The third kappa shape index (κ3) is 4.85. The Morgan fingerprint density at radius 1 is 1.16 bits per heavy atom. The number of anilines is 1. The maximum Gasteiger partial charge on any atom is 0.262 e. The Bertz CT molecular complexity index is 1220. The van der Waals surface area contributed by atoms with Crippen LogP contribution in [0.3, 0.4) is 0 Å². The minimum absolute atomic E-state index is 0.0282. The van der Waals surface area contributed by atoms with Gasteiger partial charge in [0, 0.05) is 12.1 Å². The summed E-state index contributed by atoms with van der Waals surface area (Å²) in [5.41, 5.74) is 1.52. The zero-order chi connectivity index (χ0) is 22.5. The van der Waals surface area contributed by atoms with Crippen LogP contribution in [0.5, 0.6) is 5.75 Å². The van der Waals surface area contributed by atoms with Crippen LogP contribution in [0.15, 0.2) is 52.4 Å². The average Bonchev–Trinajstić information content (AvgIpc) is 2.81. The molecule has 0 fully saturated rings. The Labute approximate surface area is 190 Å². The molecule has 1 aliphatic rings. The summed E-state index contributed by atoms with van der Waals surface area (Å²) in [5.74, 6) is 0.320. The molecule has 0 saturated heterocycles. The molecule has 0 atom stereocenters. The van der Waals surface area contributed by atoms with E-state index in [2.05, 4.69) is 17.2 Å². The van der Waals surface area contributed by atoms with Crippen molar-refractivity contribution in [1.29, 1.82) is 0 Å². The van der Waals surface area contributed by atoms with E-state index in [9.17, 15) is 14.4 Å². The maximum absolute atomic E-state index is 13.1. The summed E-state index contributed by atoms with van der Waals surface area (Å²) in [7, 11) is 0. The molecule has 32 heavy (non-hydrogen) atoms. The molecule has 1 aromatic heterocycles. The normalized spacial score (nSPS) is 12.8. The predicted molar refractivity (Wildman–Crippen MR) is 126 cm³/mol. The van der Waals surface area contributed by atoms with Crippen molar-refractivity contribution in [2.45, 2.75) is 44.3 Å². The summed E-state index contributed by atoms with van der Waals surface area (Å²) in [4.78, 5) is 42.2. The topological polar surface area (TPSA) is 90.3 Å². The van der Waals surface area contributed by atoms with Gasteiger partial charge in [0.05, 0.1) is 22.3 Å². The summed E-state index contributed by atoms with van der Waals surface area (Å²) in [6, 6.07) is 12.3. The van der Waals surface area contributed by atoms with Gasteiger partial charge in [0.1, 0.15) is 5.75 Å². The summed E-state index contributed by atoms with van der Waals surface area (Å²) in [5, 5.41) is 3.85. The third-order valence-electron chi connectivity index (χ3n) is 5.33. The number of hydrogen-bond donors (Lipinski definition) is 1. The Hall–Kier alpha value is -3.13. The number of hydrogen-bond acceptors (Lipinski definition) is 6.